The number of aromatic nitrogens is 5. The summed E-state index contributed by atoms with van der Waals surface area (Å²) in [7, 11) is 0. The number of aryl methyl sites for hydroxylation is 1. The Labute approximate surface area is 164 Å². The van der Waals surface area contributed by atoms with Gasteiger partial charge in [-0.15, -0.1) is 16.4 Å². The molecule has 0 N–H and O–H groups in total. The summed E-state index contributed by atoms with van der Waals surface area (Å²) < 4.78 is 6.48. The molecule has 1 aromatic carbocycles. The van der Waals surface area contributed by atoms with Gasteiger partial charge in [-0.2, -0.15) is 5.26 Å². The van der Waals surface area contributed by atoms with Crippen molar-refractivity contribution in [3.8, 4) is 6.07 Å². The molecular weight excluding hydrogens is 380 g/mol. The third kappa shape index (κ3) is 4.63. The lowest BCUT2D eigenvalue weighted by Crippen LogP contribution is -2.28. The zero-order valence-corrected chi connectivity index (χ0v) is 15.7. The minimum atomic E-state index is -1.06. The second-order valence-corrected chi connectivity index (χ2v) is 6.85. The maximum atomic E-state index is 12.6. The molecule has 2 atom stereocenters. The minimum Gasteiger partial charge on any atom is -0.456 e. The van der Waals surface area contributed by atoms with E-state index in [2.05, 4.69) is 20.5 Å². The van der Waals surface area contributed by atoms with Crippen molar-refractivity contribution < 1.29 is 14.3 Å². The normalized spacial score (nSPS) is 12.7. The summed E-state index contributed by atoms with van der Waals surface area (Å²) in [5.41, 5.74) is 1.62. The lowest BCUT2D eigenvalue weighted by atomic mass is 10.1. The van der Waals surface area contributed by atoms with Crippen molar-refractivity contribution in [2.75, 3.05) is 6.61 Å². The Morgan fingerprint density at radius 3 is 2.71 bits per heavy atom. The second kappa shape index (κ2) is 8.96. The number of Topliss-reactive ketones (excluding diaryl/α,β-unsaturated/α-hetero) is 1. The summed E-state index contributed by atoms with van der Waals surface area (Å²) in [5, 5.41) is 22.3. The Kier molecular flexibility index (Phi) is 6.18. The molecule has 10 heteroatoms. The maximum absolute atomic E-state index is 12.6. The van der Waals surface area contributed by atoms with Crippen molar-refractivity contribution in [3.63, 3.8) is 0 Å². The van der Waals surface area contributed by atoms with Crippen LogP contribution in [0.4, 0.5) is 0 Å². The van der Waals surface area contributed by atoms with E-state index in [-0.39, 0.29) is 0 Å². The van der Waals surface area contributed by atoms with Crippen molar-refractivity contribution in [2.45, 2.75) is 25.3 Å². The number of nitrogens with zero attached hydrogens (tertiary/aromatic N) is 6. The topological polar surface area (TPSA) is 124 Å². The predicted molar refractivity (Wildman–Crippen MR) is 98.2 cm³/mol. The van der Waals surface area contributed by atoms with Crippen LogP contribution in [-0.4, -0.2) is 43.6 Å². The summed E-state index contributed by atoms with van der Waals surface area (Å²) in [6, 6.07) is 10.4. The van der Waals surface area contributed by atoms with Gasteiger partial charge in [0.2, 0.25) is 0 Å². The van der Waals surface area contributed by atoms with E-state index < -0.39 is 30.3 Å². The van der Waals surface area contributed by atoms with Crippen LogP contribution in [0.3, 0.4) is 0 Å². The Bertz CT molecular complexity index is 980. The van der Waals surface area contributed by atoms with Crippen molar-refractivity contribution in [3.05, 3.63) is 58.3 Å². The third-order valence-electron chi connectivity index (χ3n) is 3.92. The molecule has 0 aliphatic carbocycles. The van der Waals surface area contributed by atoms with Crippen LogP contribution < -0.4 is 0 Å². The maximum Gasteiger partial charge on any atom is 0.331 e. The number of rotatable bonds is 8. The molecule has 142 valence electrons. The molecular formula is C18H16N6O3S. The molecule has 3 rings (SSSR count). The van der Waals surface area contributed by atoms with Crippen LogP contribution in [0.25, 0.3) is 0 Å². The summed E-state index contributed by atoms with van der Waals surface area (Å²) in [5.74, 6) is -2.25. The number of tetrazole rings is 1. The Morgan fingerprint density at radius 1 is 1.32 bits per heavy atom. The van der Waals surface area contributed by atoms with Gasteiger partial charge in [0.15, 0.2) is 24.3 Å². The van der Waals surface area contributed by atoms with Gasteiger partial charge < -0.3 is 4.74 Å². The average Bonchev–Trinajstić information content (AvgIpc) is 3.38. The standard InChI is InChI=1S/C18H16N6O3S/c1-12-10-28-17(21-12)14(8-19)16(25)9-27-18(26)15(24-11-20-22-23-24)7-13-5-3-2-4-6-13/h2-6,10-11,14-15H,7,9H2,1H3/t14-,15-/m0/s1. The molecule has 0 aliphatic heterocycles. The lowest BCUT2D eigenvalue weighted by molar-refractivity contribution is -0.151. The highest BCUT2D eigenvalue weighted by atomic mass is 32.1. The zero-order chi connectivity index (χ0) is 19.9. The molecule has 28 heavy (non-hydrogen) atoms. The van der Waals surface area contributed by atoms with Gasteiger partial charge in [0.05, 0.1) is 6.07 Å². The van der Waals surface area contributed by atoms with Gasteiger partial charge in [0.1, 0.15) is 11.3 Å². The SMILES string of the molecule is Cc1csc([C@@H](C#N)C(=O)COC(=O)[C@H](Cc2ccccc2)n2cnnn2)n1. The van der Waals surface area contributed by atoms with Crippen molar-refractivity contribution in [1.29, 1.82) is 5.26 Å². The van der Waals surface area contributed by atoms with Crippen LogP contribution in [-0.2, 0) is 20.7 Å². The smallest absolute Gasteiger partial charge is 0.331 e. The predicted octanol–water partition coefficient (Wildman–Crippen LogP) is 1.64. The van der Waals surface area contributed by atoms with Crippen LogP contribution in [0.5, 0.6) is 0 Å². The first kappa shape index (κ1) is 19.3. The van der Waals surface area contributed by atoms with Crippen LogP contribution in [0.1, 0.15) is 28.2 Å². The van der Waals surface area contributed by atoms with Crippen molar-refractivity contribution in [1.82, 2.24) is 25.2 Å². The number of benzene rings is 1. The number of esters is 1. The van der Waals surface area contributed by atoms with Gasteiger partial charge in [-0.1, -0.05) is 30.3 Å². The lowest BCUT2D eigenvalue weighted by Gasteiger charge is -2.15. The van der Waals surface area contributed by atoms with Crippen LogP contribution in [0.15, 0.2) is 42.0 Å². The number of nitriles is 1. The Balaban J connectivity index is 1.68. The molecule has 0 unspecified atom stereocenters. The van der Waals surface area contributed by atoms with Gasteiger partial charge in [-0.3, -0.25) is 4.79 Å². The molecule has 0 aliphatic rings. The number of carbonyl (C=O) groups is 2. The summed E-state index contributed by atoms with van der Waals surface area (Å²) in [4.78, 5) is 29.2. The summed E-state index contributed by atoms with van der Waals surface area (Å²) in [6.07, 6.45) is 1.61. The van der Waals surface area contributed by atoms with Crippen LogP contribution >= 0.6 is 11.3 Å². The van der Waals surface area contributed by atoms with Crippen LogP contribution in [0, 0.1) is 18.3 Å². The molecule has 2 heterocycles. The zero-order valence-electron chi connectivity index (χ0n) is 14.9. The molecule has 3 aromatic rings. The van der Waals surface area contributed by atoms with Gasteiger partial charge in [0, 0.05) is 17.5 Å². The fourth-order valence-electron chi connectivity index (χ4n) is 2.52. The molecule has 9 nitrogen and oxygen atoms in total. The third-order valence-corrected chi connectivity index (χ3v) is 4.95. The number of thiazole rings is 1. The van der Waals surface area contributed by atoms with E-state index >= 15 is 0 Å². The summed E-state index contributed by atoms with van der Waals surface area (Å²) >= 11 is 1.23. The van der Waals surface area contributed by atoms with E-state index in [0.29, 0.717) is 11.4 Å². The van der Waals surface area contributed by atoms with E-state index in [9.17, 15) is 14.9 Å². The Morgan fingerprint density at radius 2 is 2.11 bits per heavy atom. The number of hydrogen-bond acceptors (Lipinski definition) is 9. The molecule has 0 amide bonds. The molecule has 0 saturated heterocycles. The van der Waals surface area contributed by atoms with Crippen molar-refractivity contribution in [2.24, 2.45) is 0 Å². The highest BCUT2D eigenvalue weighted by Gasteiger charge is 2.28. The van der Waals surface area contributed by atoms with Gasteiger partial charge in [-0.05, 0) is 22.9 Å². The minimum absolute atomic E-state index is 0.298. The number of hydrogen-bond donors (Lipinski definition) is 0. The molecule has 0 spiro atoms. The van der Waals surface area contributed by atoms with E-state index in [0.717, 1.165) is 11.3 Å². The molecule has 0 bridgehead atoms. The Hall–Kier alpha value is -3.45. The highest BCUT2D eigenvalue weighted by Crippen LogP contribution is 2.21. The molecule has 0 fully saturated rings. The van der Waals surface area contributed by atoms with Gasteiger partial charge >= 0.3 is 5.97 Å². The fraction of sp³-hybridized carbons (Fsp3) is 0.278. The largest absolute Gasteiger partial charge is 0.456 e. The average molecular weight is 396 g/mol. The van der Waals surface area contributed by atoms with Crippen LogP contribution in [0.2, 0.25) is 0 Å². The van der Waals surface area contributed by atoms with Gasteiger partial charge in [0.25, 0.3) is 0 Å². The first-order chi connectivity index (χ1) is 13.6. The van der Waals surface area contributed by atoms with Crippen molar-refractivity contribution >= 4 is 23.1 Å². The highest BCUT2D eigenvalue weighted by molar-refractivity contribution is 7.09. The van der Waals surface area contributed by atoms with Gasteiger partial charge in [-0.25, -0.2) is 14.5 Å². The quantitative estimate of drug-likeness (QED) is 0.526. The van der Waals surface area contributed by atoms with E-state index in [1.165, 1.54) is 22.3 Å². The fourth-order valence-corrected chi connectivity index (χ4v) is 3.39. The molecule has 0 radical (unpaired) electrons. The molecule has 0 saturated carbocycles. The van der Waals surface area contributed by atoms with E-state index in [4.69, 9.17) is 4.74 Å². The van der Waals surface area contributed by atoms with E-state index in [1.54, 1.807) is 12.3 Å². The number of carbonyl (C=O) groups excluding carboxylic acids is 2. The first-order valence-electron chi connectivity index (χ1n) is 8.36. The second-order valence-electron chi connectivity index (χ2n) is 5.96. The monoisotopic (exact) mass is 396 g/mol. The molecule has 2 aromatic heterocycles. The summed E-state index contributed by atoms with van der Waals surface area (Å²) in [6.45, 7) is 1.25. The number of ketones is 1. The van der Waals surface area contributed by atoms with E-state index in [1.807, 2.05) is 36.4 Å². The first-order valence-corrected chi connectivity index (χ1v) is 9.24. The number of ether oxygens (including phenoxy) is 1.